The van der Waals surface area contributed by atoms with Gasteiger partial charge in [-0.05, 0) is 25.0 Å². The van der Waals surface area contributed by atoms with Crippen LogP contribution in [0, 0.1) is 0 Å². The lowest BCUT2D eigenvalue weighted by atomic mass is 9.93. The van der Waals surface area contributed by atoms with Crippen molar-refractivity contribution in [2.24, 2.45) is 0 Å². The summed E-state index contributed by atoms with van der Waals surface area (Å²) in [5.74, 6) is 0.249. The molecule has 0 fully saturated rings. The Bertz CT molecular complexity index is 359. The molecule has 1 unspecified atom stereocenters. The molecule has 0 spiro atoms. The molecule has 1 aromatic carbocycles. The molecule has 0 saturated carbocycles. The first-order valence-electron chi connectivity index (χ1n) is 5.11. The number of hydrogen-bond donors (Lipinski definition) is 0. The van der Waals surface area contributed by atoms with E-state index in [-0.39, 0.29) is 11.9 Å². The highest BCUT2D eigenvalue weighted by molar-refractivity contribution is 5.81. The lowest BCUT2D eigenvalue weighted by molar-refractivity contribution is -0.133. The minimum Gasteiger partial charge on any atom is -0.336 e. The highest BCUT2D eigenvalue weighted by atomic mass is 16.2. The third kappa shape index (κ3) is 1.31. The zero-order chi connectivity index (χ0) is 10.1. The van der Waals surface area contributed by atoms with Crippen LogP contribution in [-0.4, -0.2) is 17.4 Å². The van der Waals surface area contributed by atoms with E-state index in [0.717, 1.165) is 6.54 Å². The third-order valence-corrected chi connectivity index (χ3v) is 2.98. The van der Waals surface area contributed by atoms with Gasteiger partial charge in [-0.1, -0.05) is 24.3 Å². The van der Waals surface area contributed by atoms with Crippen molar-refractivity contribution in [3.8, 4) is 0 Å². The van der Waals surface area contributed by atoms with E-state index in [1.165, 1.54) is 11.1 Å². The van der Waals surface area contributed by atoms with Gasteiger partial charge in [0.05, 0.1) is 12.5 Å². The van der Waals surface area contributed by atoms with Gasteiger partial charge in [-0.25, -0.2) is 0 Å². The summed E-state index contributed by atoms with van der Waals surface area (Å²) in [5.41, 5.74) is 2.49. The van der Waals surface area contributed by atoms with Crippen LogP contribution < -0.4 is 0 Å². The first-order chi connectivity index (χ1) is 6.74. The van der Waals surface area contributed by atoms with Gasteiger partial charge in [0.1, 0.15) is 0 Å². The van der Waals surface area contributed by atoms with Crippen molar-refractivity contribution in [3.63, 3.8) is 0 Å². The van der Waals surface area contributed by atoms with Crippen LogP contribution in [0.4, 0.5) is 0 Å². The molecule has 1 atom stereocenters. The summed E-state index contributed by atoms with van der Waals surface area (Å²) in [6, 6.07) is 8.45. The van der Waals surface area contributed by atoms with Crippen LogP contribution in [0.3, 0.4) is 0 Å². The summed E-state index contributed by atoms with van der Waals surface area (Å²) in [6.45, 7) is 4.93. The molecule has 2 heteroatoms. The van der Waals surface area contributed by atoms with E-state index >= 15 is 0 Å². The number of nitrogens with zero attached hydrogens (tertiary/aromatic N) is 1. The van der Waals surface area contributed by atoms with Crippen molar-refractivity contribution in [3.05, 3.63) is 35.4 Å². The topological polar surface area (TPSA) is 20.3 Å². The maximum Gasteiger partial charge on any atom is 0.227 e. The highest BCUT2D eigenvalue weighted by Crippen LogP contribution is 2.29. The number of hydrogen-bond acceptors (Lipinski definition) is 1. The van der Waals surface area contributed by atoms with Gasteiger partial charge in [0.15, 0.2) is 0 Å². The molecule has 2 nitrogen and oxygen atoms in total. The summed E-state index contributed by atoms with van der Waals surface area (Å²) in [4.78, 5) is 13.7. The van der Waals surface area contributed by atoms with E-state index in [0.29, 0.717) is 6.42 Å². The molecule has 1 aromatic rings. The van der Waals surface area contributed by atoms with Crippen LogP contribution in [0.1, 0.15) is 31.0 Å². The number of rotatable bonds is 1. The van der Waals surface area contributed by atoms with Gasteiger partial charge in [0.2, 0.25) is 5.91 Å². The first kappa shape index (κ1) is 9.25. The molecular formula is C12H15NO. The van der Waals surface area contributed by atoms with Gasteiger partial charge in [-0.2, -0.15) is 0 Å². The van der Waals surface area contributed by atoms with E-state index in [1.54, 1.807) is 0 Å². The lowest BCUT2D eigenvalue weighted by Crippen LogP contribution is -2.38. The van der Waals surface area contributed by atoms with Crippen molar-refractivity contribution < 1.29 is 4.79 Å². The van der Waals surface area contributed by atoms with Crippen LogP contribution in [-0.2, 0) is 11.2 Å². The quantitative estimate of drug-likeness (QED) is 0.663. The Labute approximate surface area is 84.5 Å². The molecule has 1 heterocycles. The standard InChI is InChI=1S/C12H15NO/c1-3-13-9(2)11-7-5-4-6-10(11)8-12(13)14/h4-7,9H,3,8H2,1-2H3. The summed E-state index contributed by atoms with van der Waals surface area (Å²) < 4.78 is 0. The van der Waals surface area contributed by atoms with Crippen molar-refractivity contribution >= 4 is 5.91 Å². The first-order valence-corrected chi connectivity index (χ1v) is 5.11. The van der Waals surface area contributed by atoms with Crippen molar-refractivity contribution in [2.75, 3.05) is 6.54 Å². The molecule has 1 aliphatic heterocycles. The second kappa shape index (κ2) is 3.45. The number of amides is 1. The molecule has 14 heavy (non-hydrogen) atoms. The average molecular weight is 189 g/mol. The van der Waals surface area contributed by atoms with E-state index in [9.17, 15) is 4.79 Å². The fourth-order valence-corrected chi connectivity index (χ4v) is 2.20. The van der Waals surface area contributed by atoms with E-state index < -0.39 is 0 Å². The molecule has 1 amide bonds. The van der Waals surface area contributed by atoms with Gasteiger partial charge in [0.25, 0.3) is 0 Å². The maximum atomic E-state index is 11.7. The van der Waals surface area contributed by atoms with Crippen molar-refractivity contribution in [1.29, 1.82) is 0 Å². The average Bonchev–Trinajstić information content (AvgIpc) is 2.18. The predicted octanol–water partition coefficient (Wildman–Crippen LogP) is 2.15. The van der Waals surface area contributed by atoms with Crippen LogP contribution >= 0.6 is 0 Å². The normalized spacial score (nSPS) is 20.9. The largest absolute Gasteiger partial charge is 0.336 e. The molecule has 0 aliphatic carbocycles. The van der Waals surface area contributed by atoms with Crippen LogP contribution in [0.15, 0.2) is 24.3 Å². The summed E-state index contributed by atoms with van der Waals surface area (Å²) in [6.07, 6.45) is 0.564. The monoisotopic (exact) mass is 189 g/mol. The molecule has 0 bridgehead atoms. The predicted molar refractivity (Wildman–Crippen MR) is 55.9 cm³/mol. The number of benzene rings is 1. The van der Waals surface area contributed by atoms with E-state index in [4.69, 9.17) is 0 Å². The van der Waals surface area contributed by atoms with Gasteiger partial charge >= 0.3 is 0 Å². The summed E-state index contributed by atoms with van der Waals surface area (Å²) in [7, 11) is 0. The molecule has 0 saturated heterocycles. The smallest absolute Gasteiger partial charge is 0.227 e. The van der Waals surface area contributed by atoms with Gasteiger partial charge < -0.3 is 4.90 Å². The fourth-order valence-electron chi connectivity index (χ4n) is 2.20. The Morgan fingerprint density at radius 3 is 2.86 bits per heavy atom. The number of fused-ring (bicyclic) bond motifs is 1. The van der Waals surface area contributed by atoms with E-state index in [1.807, 2.05) is 24.0 Å². The summed E-state index contributed by atoms with van der Waals surface area (Å²) in [5, 5.41) is 0. The second-order valence-corrected chi connectivity index (χ2v) is 3.73. The Morgan fingerprint density at radius 1 is 1.43 bits per heavy atom. The SMILES string of the molecule is CCN1C(=O)Cc2ccccc2C1C. The van der Waals surface area contributed by atoms with Crippen molar-refractivity contribution in [1.82, 2.24) is 4.90 Å². The van der Waals surface area contributed by atoms with Gasteiger partial charge in [-0.3, -0.25) is 4.79 Å². The van der Waals surface area contributed by atoms with Crippen molar-refractivity contribution in [2.45, 2.75) is 26.3 Å². The van der Waals surface area contributed by atoms with Crippen LogP contribution in [0.5, 0.6) is 0 Å². The Morgan fingerprint density at radius 2 is 2.14 bits per heavy atom. The highest BCUT2D eigenvalue weighted by Gasteiger charge is 2.27. The van der Waals surface area contributed by atoms with Crippen LogP contribution in [0.25, 0.3) is 0 Å². The molecule has 0 aromatic heterocycles. The summed E-state index contributed by atoms with van der Waals surface area (Å²) >= 11 is 0. The number of likely N-dealkylation sites (N-methyl/N-ethyl adjacent to an activating group) is 1. The lowest BCUT2D eigenvalue weighted by Gasteiger charge is -2.34. The molecule has 1 aliphatic rings. The molecule has 2 rings (SSSR count). The second-order valence-electron chi connectivity index (χ2n) is 3.73. The Balaban J connectivity index is 2.43. The molecule has 74 valence electrons. The molecular weight excluding hydrogens is 174 g/mol. The fraction of sp³-hybridized carbons (Fsp3) is 0.417. The third-order valence-electron chi connectivity index (χ3n) is 2.98. The Hall–Kier alpha value is -1.31. The van der Waals surface area contributed by atoms with E-state index in [2.05, 4.69) is 19.1 Å². The zero-order valence-electron chi connectivity index (χ0n) is 8.66. The zero-order valence-corrected chi connectivity index (χ0v) is 8.66. The number of carbonyl (C=O) groups excluding carboxylic acids is 1. The maximum absolute atomic E-state index is 11.7. The molecule has 0 radical (unpaired) electrons. The van der Waals surface area contributed by atoms with Gasteiger partial charge in [-0.15, -0.1) is 0 Å². The minimum absolute atomic E-state index is 0.234. The van der Waals surface area contributed by atoms with Crippen LogP contribution in [0.2, 0.25) is 0 Å². The number of carbonyl (C=O) groups is 1. The molecule has 0 N–H and O–H groups in total. The Kier molecular flexibility index (Phi) is 2.28. The minimum atomic E-state index is 0.234. The van der Waals surface area contributed by atoms with Gasteiger partial charge in [0, 0.05) is 6.54 Å².